The summed E-state index contributed by atoms with van der Waals surface area (Å²) < 4.78 is 0. The molecule has 2 heterocycles. The molecule has 0 radical (unpaired) electrons. The van der Waals surface area contributed by atoms with E-state index in [9.17, 15) is 4.79 Å². The maximum atomic E-state index is 13.1. The van der Waals surface area contributed by atoms with Gasteiger partial charge in [0.1, 0.15) is 5.71 Å². The van der Waals surface area contributed by atoms with Gasteiger partial charge in [-0.1, -0.05) is 36.7 Å². The highest BCUT2D eigenvalue weighted by molar-refractivity contribution is 6.54. The number of aliphatic imine (C=N–C) groups is 1. The first kappa shape index (κ1) is 17.3. The van der Waals surface area contributed by atoms with Crippen LogP contribution in [0.25, 0.3) is 0 Å². The van der Waals surface area contributed by atoms with E-state index in [1.165, 1.54) is 12.8 Å². The minimum atomic E-state index is -0.0280. The lowest BCUT2D eigenvalue weighted by Gasteiger charge is -2.33. The molecule has 0 spiro atoms. The fourth-order valence-corrected chi connectivity index (χ4v) is 3.68. The predicted molar refractivity (Wildman–Crippen MR) is 106 cm³/mol. The topological polar surface area (TPSA) is 35.9 Å². The van der Waals surface area contributed by atoms with E-state index in [0.717, 1.165) is 35.9 Å². The standard InChI is InChI=1S/C21H22ClN3O/c1-15-10-12-24(13-11-15)14-25-19-5-3-2-4-18(19)20(21(25)26)23-17-8-6-16(22)7-9-17/h2-9,15H,10-14H2,1H3. The van der Waals surface area contributed by atoms with Gasteiger partial charge in [-0.25, -0.2) is 4.99 Å². The number of para-hydroxylation sites is 1. The summed E-state index contributed by atoms with van der Waals surface area (Å²) in [5, 5.41) is 0.660. The molecule has 0 saturated carbocycles. The molecule has 0 N–H and O–H groups in total. The minimum absolute atomic E-state index is 0.0280. The molecule has 1 fully saturated rings. The van der Waals surface area contributed by atoms with Gasteiger partial charge in [-0.05, 0) is 49.1 Å². The Morgan fingerprint density at radius 3 is 2.50 bits per heavy atom. The van der Waals surface area contributed by atoms with Crippen molar-refractivity contribution in [1.82, 2.24) is 4.90 Å². The maximum Gasteiger partial charge on any atom is 0.278 e. The van der Waals surface area contributed by atoms with Crippen molar-refractivity contribution in [3.8, 4) is 0 Å². The Bertz CT molecular complexity index is 839. The second kappa shape index (κ2) is 7.22. The van der Waals surface area contributed by atoms with Crippen LogP contribution in [0.5, 0.6) is 0 Å². The van der Waals surface area contributed by atoms with Gasteiger partial charge < -0.3 is 0 Å². The number of rotatable bonds is 3. The molecule has 0 bridgehead atoms. The Morgan fingerprint density at radius 2 is 1.77 bits per heavy atom. The van der Waals surface area contributed by atoms with E-state index in [4.69, 9.17) is 11.6 Å². The first-order chi connectivity index (χ1) is 12.6. The summed E-state index contributed by atoms with van der Waals surface area (Å²) in [6.07, 6.45) is 2.38. The van der Waals surface area contributed by atoms with Crippen molar-refractivity contribution in [3.63, 3.8) is 0 Å². The van der Waals surface area contributed by atoms with Crippen LogP contribution in [0.3, 0.4) is 0 Å². The average Bonchev–Trinajstić information content (AvgIpc) is 2.91. The Hall–Kier alpha value is -2.17. The van der Waals surface area contributed by atoms with E-state index in [1.807, 2.05) is 41.3 Å². The van der Waals surface area contributed by atoms with E-state index in [-0.39, 0.29) is 5.91 Å². The number of nitrogens with zero attached hydrogens (tertiary/aromatic N) is 3. The van der Waals surface area contributed by atoms with Gasteiger partial charge in [-0.2, -0.15) is 0 Å². The van der Waals surface area contributed by atoms with E-state index < -0.39 is 0 Å². The number of likely N-dealkylation sites (tertiary alicyclic amines) is 1. The Labute approximate surface area is 159 Å². The summed E-state index contributed by atoms with van der Waals surface area (Å²) in [7, 11) is 0. The summed E-state index contributed by atoms with van der Waals surface area (Å²) in [5.41, 5.74) is 3.09. The highest BCUT2D eigenvalue weighted by Gasteiger charge is 2.35. The van der Waals surface area contributed by atoms with Crippen LogP contribution in [-0.4, -0.2) is 36.3 Å². The van der Waals surface area contributed by atoms with E-state index in [1.54, 1.807) is 12.1 Å². The Kier molecular flexibility index (Phi) is 4.79. The second-order valence-corrected chi connectivity index (χ2v) is 7.57. The monoisotopic (exact) mass is 367 g/mol. The number of carbonyl (C=O) groups excluding carboxylic acids is 1. The quantitative estimate of drug-likeness (QED) is 0.800. The van der Waals surface area contributed by atoms with Crippen LogP contribution in [0, 0.1) is 5.92 Å². The number of amides is 1. The normalized spacial score (nSPS) is 20.0. The maximum absolute atomic E-state index is 13.1. The van der Waals surface area contributed by atoms with Crippen molar-refractivity contribution in [3.05, 3.63) is 59.1 Å². The fourth-order valence-electron chi connectivity index (χ4n) is 3.56. The van der Waals surface area contributed by atoms with Gasteiger partial charge in [0.05, 0.1) is 18.0 Å². The molecule has 2 aliphatic heterocycles. The van der Waals surface area contributed by atoms with Crippen molar-refractivity contribution >= 4 is 34.6 Å². The number of anilines is 1. The van der Waals surface area contributed by atoms with Gasteiger partial charge in [-0.15, -0.1) is 0 Å². The van der Waals surface area contributed by atoms with Gasteiger partial charge >= 0.3 is 0 Å². The molecule has 2 aromatic rings. The third-order valence-electron chi connectivity index (χ3n) is 5.18. The first-order valence-electron chi connectivity index (χ1n) is 9.10. The molecule has 0 aromatic heterocycles. The van der Waals surface area contributed by atoms with Crippen LogP contribution in [0.1, 0.15) is 25.3 Å². The summed E-state index contributed by atoms with van der Waals surface area (Å²) in [6.45, 7) is 5.00. The zero-order chi connectivity index (χ0) is 18.1. The molecular weight excluding hydrogens is 346 g/mol. The lowest BCUT2D eigenvalue weighted by Crippen LogP contribution is -2.44. The third-order valence-corrected chi connectivity index (χ3v) is 5.43. The van der Waals surface area contributed by atoms with E-state index >= 15 is 0 Å². The summed E-state index contributed by atoms with van der Waals surface area (Å²) in [6, 6.07) is 15.2. The highest BCUT2D eigenvalue weighted by Crippen LogP contribution is 2.31. The largest absolute Gasteiger partial charge is 0.293 e. The smallest absolute Gasteiger partial charge is 0.278 e. The van der Waals surface area contributed by atoms with E-state index in [0.29, 0.717) is 17.4 Å². The van der Waals surface area contributed by atoms with Crippen molar-refractivity contribution in [2.45, 2.75) is 19.8 Å². The summed E-state index contributed by atoms with van der Waals surface area (Å²) in [5.74, 6) is 0.745. The van der Waals surface area contributed by atoms with Crippen molar-refractivity contribution in [2.24, 2.45) is 10.9 Å². The van der Waals surface area contributed by atoms with Gasteiger partial charge in [0, 0.05) is 23.7 Å². The number of hydrogen-bond donors (Lipinski definition) is 0. The second-order valence-electron chi connectivity index (χ2n) is 7.13. The van der Waals surface area contributed by atoms with Crippen LogP contribution in [0.15, 0.2) is 53.5 Å². The van der Waals surface area contributed by atoms with Crippen LogP contribution < -0.4 is 4.90 Å². The van der Waals surface area contributed by atoms with Gasteiger partial charge in [0.15, 0.2) is 0 Å². The molecule has 4 rings (SSSR count). The Balaban J connectivity index is 1.63. The van der Waals surface area contributed by atoms with Gasteiger partial charge in [-0.3, -0.25) is 14.6 Å². The van der Waals surface area contributed by atoms with Crippen molar-refractivity contribution < 1.29 is 4.79 Å². The molecule has 2 aliphatic rings. The number of benzene rings is 2. The molecule has 1 saturated heterocycles. The minimum Gasteiger partial charge on any atom is -0.293 e. The molecule has 2 aromatic carbocycles. The molecule has 4 nitrogen and oxygen atoms in total. The van der Waals surface area contributed by atoms with Crippen molar-refractivity contribution in [2.75, 3.05) is 24.7 Å². The zero-order valence-electron chi connectivity index (χ0n) is 14.9. The molecule has 5 heteroatoms. The number of hydrogen-bond acceptors (Lipinski definition) is 3. The first-order valence-corrected chi connectivity index (χ1v) is 9.47. The molecular formula is C21H22ClN3O. The predicted octanol–water partition coefficient (Wildman–Crippen LogP) is 4.50. The lowest BCUT2D eigenvalue weighted by molar-refractivity contribution is -0.112. The zero-order valence-corrected chi connectivity index (χ0v) is 15.6. The molecule has 0 aliphatic carbocycles. The number of piperidine rings is 1. The van der Waals surface area contributed by atoms with Gasteiger partial charge in [0.25, 0.3) is 5.91 Å². The average molecular weight is 368 g/mol. The number of halogens is 1. The summed E-state index contributed by atoms with van der Waals surface area (Å²) in [4.78, 5) is 22.0. The number of fused-ring (bicyclic) bond motifs is 1. The SMILES string of the molecule is CC1CCN(CN2C(=O)C(=Nc3ccc(Cl)cc3)c3ccccc32)CC1. The molecule has 0 atom stereocenters. The third kappa shape index (κ3) is 3.39. The van der Waals surface area contributed by atoms with E-state index in [2.05, 4.69) is 16.8 Å². The van der Waals surface area contributed by atoms with Crippen LogP contribution >= 0.6 is 11.6 Å². The molecule has 134 valence electrons. The summed E-state index contributed by atoms with van der Waals surface area (Å²) >= 11 is 5.95. The highest BCUT2D eigenvalue weighted by atomic mass is 35.5. The molecule has 26 heavy (non-hydrogen) atoms. The van der Waals surface area contributed by atoms with Crippen molar-refractivity contribution in [1.29, 1.82) is 0 Å². The number of carbonyl (C=O) groups is 1. The van der Waals surface area contributed by atoms with Gasteiger partial charge in [0.2, 0.25) is 0 Å². The van der Waals surface area contributed by atoms with Crippen LogP contribution in [0.4, 0.5) is 11.4 Å². The Morgan fingerprint density at radius 1 is 1.08 bits per heavy atom. The van der Waals surface area contributed by atoms with Crippen LogP contribution in [-0.2, 0) is 4.79 Å². The van der Waals surface area contributed by atoms with Crippen LogP contribution in [0.2, 0.25) is 5.02 Å². The molecule has 0 unspecified atom stereocenters. The molecule has 1 amide bonds. The fraction of sp³-hybridized carbons (Fsp3) is 0.333. The lowest BCUT2D eigenvalue weighted by atomic mass is 10.00.